The van der Waals surface area contributed by atoms with Crippen molar-refractivity contribution in [2.45, 2.75) is 50.4 Å². The monoisotopic (exact) mass is 341 g/mol. The van der Waals surface area contributed by atoms with E-state index in [9.17, 15) is 4.39 Å². The van der Waals surface area contributed by atoms with Gasteiger partial charge in [0.25, 0.3) is 0 Å². The molecule has 2 aromatic carbocycles. The summed E-state index contributed by atoms with van der Waals surface area (Å²) in [7, 11) is 4.37. The maximum absolute atomic E-state index is 13.7. The van der Waals surface area contributed by atoms with Crippen molar-refractivity contribution in [3.63, 3.8) is 0 Å². The Morgan fingerprint density at radius 3 is 2.28 bits per heavy atom. The predicted octanol–water partition coefficient (Wildman–Crippen LogP) is 4.83. The zero-order valence-electron chi connectivity index (χ0n) is 15.2. The fraction of sp³-hybridized carbons (Fsp3) is 0.455. The lowest BCUT2D eigenvalue weighted by Crippen LogP contribution is -2.49. The number of nitrogens with zero attached hydrogens (tertiary/aromatic N) is 1. The maximum atomic E-state index is 13.7. The van der Waals surface area contributed by atoms with Crippen molar-refractivity contribution in [3.05, 3.63) is 71.5 Å². The number of likely N-dealkylation sites (N-methyl/N-ethyl adjacent to an activating group) is 1. The van der Waals surface area contributed by atoms with Crippen LogP contribution in [0.1, 0.15) is 36.8 Å². The summed E-state index contributed by atoms with van der Waals surface area (Å²) in [5, 5.41) is 0. The van der Waals surface area contributed by atoms with E-state index in [0.717, 1.165) is 32.1 Å². The average molecular weight is 341 g/mol. The molecule has 0 saturated heterocycles. The molecule has 1 fully saturated rings. The van der Waals surface area contributed by atoms with Gasteiger partial charge >= 0.3 is 0 Å². The van der Waals surface area contributed by atoms with Crippen LogP contribution in [0.15, 0.2) is 54.6 Å². The normalized spacial score (nSPS) is 23.8. The molecule has 0 heterocycles. The van der Waals surface area contributed by atoms with Crippen LogP contribution >= 0.6 is 0 Å². The first kappa shape index (κ1) is 18.1. The highest BCUT2D eigenvalue weighted by Crippen LogP contribution is 2.36. The molecule has 1 aliphatic carbocycles. The van der Waals surface area contributed by atoms with Crippen LogP contribution in [0.2, 0.25) is 0 Å². The van der Waals surface area contributed by atoms with E-state index in [2.05, 4.69) is 49.3 Å². The lowest BCUT2D eigenvalue weighted by atomic mass is 9.75. The van der Waals surface area contributed by atoms with E-state index in [4.69, 9.17) is 4.74 Å². The summed E-state index contributed by atoms with van der Waals surface area (Å²) >= 11 is 0. The lowest BCUT2D eigenvalue weighted by Gasteiger charge is -2.45. The summed E-state index contributed by atoms with van der Waals surface area (Å²) < 4.78 is 19.7. The Morgan fingerprint density at radius 1 is 1.00 bits per heavy atom. The van der Waals surface area contributed by atoms with Gasteiger partial charge in [-0.3, -0.25) is 0 Å². The smallest absolute Gasteiger partial charge is 0.128 e. The Hall–Kier alpha value is -1.71. The Morgan fingerprint density at radius 2 is 1.64 bits per heavy atom. The van der Waals surface area contributed by atoms with Gasteiger partial charge in [0.15, 0.2) is 0 Å². The third kappa shape index (κ3) is 4.47. The molecule has 0 bridgehead atoms. The van der Waals surface area contributed by atoms with Crippen LogP contribution in [0.3, 0.4) is 0 Å². The van der Waals surface area contributed by atoms with Crippen LogP contribution in [0.25, 0.3) is 0 Å². The molecule has 0 unspecified atom stereocenters. The largest absolute Gasteiger partial charge is 0.373 e. The van der Waals surface area contributed by atoms with E-state index in [1.54, 1.807) is 12.1 Å². The molecular formula is C22H28FNO. The number of rotatable bonds is 6. The van der Waals surface area contributed by atoms with Gasteiger partial charge in [-0.05, 0) is 57.8 Å². The predicted molar refractivity (Wildman–Crippen MR) is 100 cm³/mol. The highest BCUT2D eigenvalue weighted by molar-refractivity contribution is 5.19. The molecular weight excluding hydrogens is 313 g/mol. The number of hydrogen-bond donors (Lipinski definition) is 0. The molecule has 0 radical (unpaired) electrons. The van der Waals surface area contributed by atoms with Crippen molar-refractivity contribution < 1.29 is 9.13 Å². The minimum absolute atomic E-state index is 0.176. The highest BCUT2D eigenvalue weighted by atomic mass is 19.1. The van der Waals surface area contributed by atoms with Crippen molar-refractivity contribution in [1.29, 1.82) is 0 Å². The highest BCUT2D eigenvalue weighted by Gasteiger charge is 2.37. The molecule has 0 aliphatic heterocycles. The van der Waals surface area contributed by atoms with E-state index in [-0.39, 0.29) is 17.5 Å². The Bertz CT molecular complexity index is 663. The van der Waals surface area contributed by atoms with E-state index in [1.165, 1.54) is 11.6 Å². The van der Waals surface area contributed by atoms with Crippen LogP contribution in [0, 0.1) is 5.82 Å². The quantitative estimate of drug-likeness (QED) is 0.746. The van der Waals surface area contributed by atoms with Gasteiger partial charge in [-0.1, -0.05) is 48.5 Å². The van der Waals surface area contributed by atoms with Gasteiger partial charge in [-0.2, -0.15) is 0 Å². The maximum Gasteiger partial charge on any atom is 0.128 e. The number of halogens is 1. The Labute approximate surface area is 150 Å². The van der Waals surface area contributed by atoms with Crippen molar-refractivity contribution >= 4 is 0 Å². The van der Waals surface area contributed by atoms with Crippen LogP contribution in [0.5, 0.6) is 0 Å². The molecule has 0 atom stereocenters. The standard InChI is InChI=1S/C22H28FNO/c1-24(2)22(16-18-8-4-3-5-9-18)14-12-20(13-15-22)25-17-19-10-6-7-11-21(19)23/h3-11,20H,12-17H2,1-2H3. The molecule has 1 aliphatic rings. The minimum atomic E-state index is -0.176. The second-order valence-electron chi connectivity index (χ2n) is 7.38. The van der Waals surface area contributed by atoms with E-state index >= 15 is 0 Å². The Balaban J connectivity index is 1.58. The molecule has 25 heavy (non-hydrogen) atoms. The lowest BCUT2D eigenvalue weighted by molar-refractivity contribution is -0.0237. The number of ether oxygens (including phenoxy) is 1. The first-order valence-electron chi connectivity index (χ1n) is 9.15. The van der Waals surface area contributed by atoms with E-state index in [0.29, 0.717) is 12.2 Å². The fourth-order valence-corrected chi connectivity index (χ4v) is 3.88. The molecule has 0 amide bonds. The summed E-state index contributed by atoms with van der Waals surface area (Å²) in [5.74, 6) is -0.176. The molecule has 3 heteroatoms. The molecule has 134 valence electrons. The average Bonchev–Trinajstić information content (AvgIpc) is 2.63. The first-order valence-corrected chi connectivity index (χ1v) is 9.15. The zero-order valence-corrected chi connectivity index (χ0v) is 15.2. The summed E-state index contributed by atoms with van der Waals surface area (Å²) in [6, 6.07) is 17.6. The molecule has 2 aromatic rings. The van der Waals surface area contributed by atoms with Crippen molar-refractivity contribution in [2.75, 3.05) is 14.1 Å². The third-order valence-electron chi connectivity index (χ3n) is 5.62. The summed E-state index contributed by atoms with van der Waals surface area (Å²) in [6.07, 6.45) is 5.57. The van der Waals surface area contributed by atoms with Gasteiger partial charge in [0.1, 0.15) is 5.82 Å². The van der Waals surface area contributed by atoms with Crippen molar-refractivity contribution in [3.8, 4) is 0 Å². The first-order chi connectivity index (χ1) is 12.1. The molecule has 0 N–H and O–H groups in total. The second kappa shape index (κ2) is 8.11. The van der Waals surface area contributed by atoms with Gasteiger partial charge in [0.05, 0.1) is 12.7 Å². The molecule has 0 spiro atoms. The Kier molecular flexibility index (Phi) is 5.87. The summed E-state index contributed by atoms with van der Waals surface area (Å²) in [4.78, 5) is 2.38. The van der Waals surface area contributed by atoms with Crippen molar-refractivity contribution in [1.82, 2.24) is 4.90 Å². The SMILES string of the molecule is CN(C)C1(Cc2ccccc2)CCC(OCc2ccccc2F)CC1. The van der Waals surface area contributed by atoms with Gasteiger partial charge in [-0.15, -0.1) is 0 Å². The number of hydrogen-bond acceptors (Lipinski definition) is 2. The van der Waals surface area contributed by atoms with Crippen LogP contribution in [-0.4, -0.2) is 30.6 Å². The van der Waals surface area contributed by atoms with Gasteiger partial charge in [-0.25, -0.2) is 4.39 Å². The third-order valence-corrected chi connectivity index (χ3v) is 5.62. The fourth-order valence-electron chi connectivity index (χ4n) is 3.88. The zero-order chi connectivity index (χ0) is 17.7. The van der Waals surface area contributed by atoms with Crippen LogP contribution < -0.4 is 0 Å². The van der Waals surface area contributed by atoms with Gasteiger partial charge in [0, 0.05) is 11.1 Å². The van der Waals surface area contributed by atoms with Crippen LogP contribution in [-0.2, 0) is 17.8 Å². The summed E-state index contributed by atoms with van der Waals surface area (Å²) in [6.45, 7) is 0.366. The molecule has 1 saturated carbocycles. The topological polar surface area (TPSA) is 12.5 Å². The van der Waals surface area contributed by atoms with Crippen molar-refractivity contribution in [2.24, 2.45) is 0 Å². The molecule has 2 nitrogen and oxygen atoms in total. The molecule has 0 aromatic heterocycles. The van der Waals surface area contributed by atoms with E-state index < -0.39 is 0 Å². The summed E-state index contributed by atoms with van der Waals surface area (Å²) in [5.41, 5.74) is 2.23. The van der Waals surface area contributed by atoms with Gasteiger partial charge in [0.2, 0.25) is 0 Å². The molecule has 3 rings (SSSR count). The second-order valence-corrected chi connectivity index (χ2v) is 7.38. The number of benzene rings is 2. The van der Waals surface area contributed by atoms with Gasteiger partial charge < -0.3 is 9.64 Å². The minimum Gasteiger partial charge on any atom is -0.373 e. The van der Waals surface area contributed by atoms with Crippen LogP contribution in [0.4, 0.5) is 4.39 Å². The van der Waals surface area contributed by atoms with E-state index in [1.807, 2.05) is 6.07 Å².